The lowest BCUT2D eigenvalue weighted by molar-refractivity contribution is 0.664. The van der Waals surface area contributed by atoms with Crippen LogP contribution in [0.3, 0.4) is 0 Å². The van der Waals surface area contributed by atoms with Crippen molar-refractivity contribution >= 4 is 11.5 Å². The summed E-state index contributed by atoms with van der Waals surface area (Å²) in [5.74, 6) is 0.983. The Hall–Kier alpha value is -1.62. The molecule has 2 rings (SSSR count). The first-order valence-electron chi connectivity index (χ1n) is 6.03. The van der Waals surface area contributed by atoms with Gasteiger partial charge < -0.3 is 10.2 Å². The standard InChI is InChI=1S/C12H19N5/c1-3-6-13-8-10-16(2)11-5-9-17-12(15-11)4-7-14-17/h4-5,7,9,13H,3,6,8,10H2,1-2H3. The molecule has 2 heterocycles. The summed E-state index contributed by atoms with van der Waals surface area (Å²) in [6, 6.07) is 3.90. The summed E-state index contributed by atoms with van der Waals surface area (Å²) in [7, 11) is 2.06. The van der Waals surface area contributed by atoms with E-state index < -0.39 is 0 Å². The molecule has 0 amide bonds. The average Bonchev–Trinajstić information content (AvgIpc) is 2.81. The molecule has 1 N–H and O–H groups in total. The summed E-state index contributed by atoms with van der Waals surface area (Å²) in [5, 5.41) is 7.51. The fourth-order valence-electron chi connectivity index (χ4n) is 1.68. The van der Waals surface area contributed by atoms with Crippen molar-refractivity contribution in [1.29, 1.82) is 0 Å². The zero-order valence-corrected chi connectivity index (χ0v) is 10.4. The van der Waals surface area contributed by atoms with Crippen molar-refractivity contribution in [3.63, 3.8) is 0 Å². The summed E-state index contributed by atoms with van der Waals surface area (Å²) in [4.78, 5) is 6.68. The van der Waals surface area contributed by atoms with Crippen LogP contribution in [0, 0.1) is 0 Å². The Balaban J connectivity index is 1.95. The Labute approximate surface area is 101 Å². The normalized spacial score (nSPS) is 10.9. The lowest BCUT2D eigenvalue weighted by Crippen LogP contribution is -2.30. The molecule has 0 saturated carbocycles. The number of nitrogens with zero attached hydrogens (tertiary/aromatic N) is 4. The number of likely N-dealkylation sites (N-methyl/N-ethyl adjacent to an activating group) is 1. The van der Waals surface area contributed by atoms with Crippen molar-refractivity contribution < 1.29 is 0 Å². The molecular formula is C12H19N5. The first kappa shape index (κ1) is 11.9. The van der Waals surface area contributed by atoms with E-state index in [0.29, 0.717) is 0 Å². The van der Waals surface area contributed by atoms with Crippen LogP contribution in [0.15, 0.2) is 24.5 Å². The number of rotatable bonds is 6. The Morgan fingerprint density at radius 2 is 2.24 bits per heavy atom. The van der Waals surface area contributed by atoms with Gasteiger partial charge in [0.25, 0.3) is 0 Å². The molecule has 5 nitrogen and oxygen atoms in total. The average molecular weight is 233 g/mol. The van der Waals surface area contributed by atoms with Gasteiger partial charge in [0, 0.05) is 32.4 Å². The molecule has 0 aliphatic rings. The third kappa shape index (κ3) is 2.94. The van der Waals surface area contributed by atoms with Gasteiger partial charge in [-0.3, -0.25) is 0 Å². The van der Waals surface area contributed by atoms with Crippen molar-refractivity contribution in [2.75, 3.05) is 31.6 Å². The molecule has 5 heteroatoms. The second-order valence-electron chi connectivity index (χ2n) is 4.09. The van der Waals surface area contributed by atoms with Crippen LogP contribution >= 0.6 is 0 Å². The molecule has 0 saturated heterocycles. The number of aromatic nitrogens is 3. The van der Waals surface area contributed by atoms with Crippen LogP contribution < -0.4 is 10.2 Å². The third-order valence-corrected chi connectivity index (χ3v) is 2.69. The van der Waals surface area contributed by atoms with E-state index in [1.54, 1.807) is 10.7 Å². The summed E-state index contributed by atoms with van der Waals surface area (Å²) >= 11 is 0. The van der Waals surface area contributed by atoms with E-state index in [4.69, 9.17) is 0 Å². The van der Waals surface area contributed by atoms with Crippen LogP contribution in [-0.4, -0.2) is 41.3 Å². The van der Waals surface area contributed by atoms with E-state index in [1.807, 2.05) is 18.3 Å². The minimum Gasteiger partial charge on any atom is -0.358 e. The van der Waals surface area contributed by atoms with Crippen molar-refractivity contribution in [2.45, 2.75) is 13.3 Å². The van der Waals surface area contributed by atoms with Gasteiger partial charge in [-0.05, 0) is 19.0 Å². The lowest BCUT2D eigenvalue weighted by atomic mass is 10.4. The molecule has 2 aromatic heterocycles. The first-order chi connectivity index (χ1) is 8.31. The van der Waals surface area contributed by atoms with E-state index in [2.05, 4.69) is 34.3 Å². The van der Waals surface area contributed by atoms with Crippen molar-refractivity contribution in [2.24, 2.45) is 0 Å². The van der Waals surface area contributed by atoms with E-state index in [0.717, 1.165) is 31.1 Å². The maximum atomic E-state index is 4.53. The quantitative estimate of drug-likeness (QED) is 0.761. The highest BCUT2D eigenvalue weighted by Crippen LogP contribution is 2.09. The second kappa shape index (κ2) is 5.63. The SMILES string of the molecule is CCCNCCN(C)c1ccn2nccc2n1. The highest BCUT2D eigenvalue weighted by atomic mass is 15.3. The van der Waals surface area contributed by atoms with Crippen LogP contribution in [-0.2, 0) is 0 Å². The molecule has 0 aliphatic carbocycles. The molecule has 0 radical (unpaired) electrons. The predicted octanol–water partition coefficient (Wildman–Crippen LogP) is 1.17. The minimum absolute atomic E-state index is 0.885. The second-order valence-corrected chi connectivity index (χ2v) is 4.09. The van der Waals surface area contributed by atoms with Crippen LogP contribution in [0.2, 0.25) is 0 Å². The Kier molecular flexibility index (Phi) is 3.93. The van der Waals surface area contributed by atoms with Crippen LogP contribution in [0.5, 0.6) is 0 Å². The van der Waals surface area contributed by atoms with Crippen LogP contribution in [0.1, 0.15) is 13.3 Å². The molecule has 0 spiro atoms. The third-order valence-electron chi connectivity index (χ3n) is 2.69. The maximum Gasteiger partial charge on any atom is 0.157 e. The van der Waals surface area contributed by atoms with E-state index in [1.165, 1.54) is 6.42 Å². The fraction of sp³-hybridized carbons (Fsp3) is 0.500. The lowest BCUT2D eigenvalue weighted by Gasteiger charge is -2.18. The van der Waals surface area contributed by atoms with Gasteiger partial charge in [-0.25, -0.2) is 9.50 Å². The largest absolute Gasteiger partial charge is 0.358 e. The van der Waals surface area contributed by atoms with Crippen LogP contribution in [0.25, 0.3) is 5.65 Å². The van der Waals surface area contributed by atoms with Crippen molar-refractivity contribution in [3.8, 4) is 0 Å². The highest BCUT2D eigenvalue weighted by Gasteiger charge is 2.03. The first-order valence-corrected chi connectivity index (χ1v) is 6.03. The number of nitrogens with one attached hydrogen (secondary N) is 1. The molecule has 0 aliphatic heterocycles. The van der Waals surface area contributed by atoms with E-state index in [-0.39, 0.29) is 0 Å². The number of hydrogen-bond donors (Lipinski definition) is 1. The zero-order valence-electron chi connectivity index (χ0n) is 10.4. The molecule has 0 aromatic carbocycles. The molecule has 0 unspecified atom stereocenters. The molecule has 0 atom stereocenters. The fourth-order valence-corrected chi connectivity index (χ4v) is 1.68. The Bertz CT molecular complexity index is 465. The topological polar surface area (TPSA) is 45.5 Å². The monoisotopic (exact) mass is 233 g/mol. The number of hydrogen-bond acceptors (Lipinski definition) is 4. The smallest absolute Gasteiger partial charge is 0.157 e. The van der Waals surface area contributed by atoms with E-state index in [9.17, 15) is 0 Å². The molecule has 2 aromatic rings. The van der Waals surface area contributed by atoms with Crippen LogP contribution in [0.4, 0.5) is 5.82 Å². The van der Waals surface area contributed by atoms with Crippen molar-refractivity contribution in [1.82, 2.24) is 19.9 Å². The van der Waals surface area contributed by atoms with Crippen molar-refractivity contribution in [3.05, 3.63) is 24.5 Å². The molecular weight excluding hydrogens is 214 g/mol. The summed E-state index contributed by atoms with van der Waals surface area (Å²) in [6.07, 6.45) is 4.87. The summed E-state index contributed by atoms with van der Waals surface area (Å²) in [5.41, 5.74) is 0.885. The van der Waals surface area contributed by atoms with Gasteiger partial charge in [-0.15, -0.1) is 0 Å². The molecule has 17 heavy (non-hydrogen) atoms. The molecule has 0 bridgehead atoms. The van der Waals surface area contributed by atoms with E-state index >= 15 is 0 Å². The minimum atomic E-state index is 0.885. The van der Waals surface area contributed by atoms with Gasteiger partial charge in [0.1, 0.15) is 5.82 Å². The molecule has 0 fully saturated rings. The zero-order chi connectivity index (χ0) is 12.1. The Morgan fingerprint density at radius 3 is 3.06 bits per heavy atom. The van der Waals surface area contributed by atoms with Gasteiger partial charge in [0.05, 0.1) is 6.20 Å². The summed E-state index contributed by atoms with van der Waals surface area (Å²) < 4.78 is 1.77. The van der Waals surface area contributed by atoms with Gasteiger partial charge in [0.15, 0.2) is 5.65 Å². The molecule has 92 valence electrons. The highest BCUT2D eigenvalue weighted by molar-refractivity contribution is 5.46. The number of anilines is 1. The van der Waals surface area contributed by atoms with Gasteiger partial charge in [0.2, 0.25) is 0 Å². The summed E-state index contributed by atoms with van der Waals surface area (Å²) in [6.45, 7) is 5.18. The number of fused-ring (bicyclic) bond motifs is 1. The van der Waals surface area contributed by atoms with Gasteiger partial charge in [-0.1, -0.05) is 6.92 Å². The predicted molar refractivity (Wildman–Crippen MR) is 69.4 cm³/mol. The van der Waals surface area contributed by atoms with Gasteiger partial charge >= 0.3 is 0 Å². The Morgan fingerprint density at radius 1 is 1.35 bits per heavy atom. The van der Waals surface area contributed by atoms with Gasteiger partial charge in [-0.2, -0.15) is 5.10 Å². The maximum absolute atomic E-state index is 4.53.